The largest absolute Gasteiger partial charge is 0.0853 e. The Balaban J connectivity index is 2.81. The van der Waals surface area contributed by atoms with Crippen LogP contribution in [-0.2, 0) is 0 Å². The monoisotopic (exact) mass is 192 g/mol. The molecular weight excluding hydrogens is 168 g/mol. The highest BCUT2D eigenvalue weighted by Gasteiger charge is 2.30. The first-order valence-electron chi connectivity index (χ1n) is 5.78. The van der Waals surface area contributed by atoms with Crippen LogP contribution in [-0.4, -0.2) is 0 Å². The Labute approximate surface area is 89.1 Å². The summed E-state index contributed by atoms with van der Waals surface area (Å²) in [5.41, 5.74) is 2.00. The maximum absolute atomic E-state index is 2.41. The minimum absolute atomic E-state index is 0.449. The van der Waals surface area contributed by atoms with Gasteiger partial charge in [-0.2, -0.15) is 0 Å². The zero-order chi connectivity index (χ0) is 10.8. The van der Waals surface area contributed by atoms with Gasteiger partial charge in [0.1, 0.15) is 0 Å². The van der Waals surface area contributed by atoms with Crippen molar-refractivity contribution in [2.24, 2.45) is 17.3 Å². The lowest BCUT2D eigenvalue weighted by atomic mass is 9.68. The van der Waals surface area contributed by atoms with Crippen molar-refractivity contribution < 1.29 is 0 Å². The fourth-order valence-corrected chi connectivity index (χ4v) is 2.32. The zero-order valence-electron chi connectivity index (χ0n) is 10.3. The van der Waals surface area contributed by atoms with E-state index in [9.17, 15) is 0 Å². The standard InChI is InChI=1S/C14H24/c1-11(2)8-9-13-12(3)7-6-10-14(13,4)5/h7-9,11,13H,6,10H2,1-5H3. The van der Waals surface area contributed by atoms with Crippen molar-refractivity contribution in [3.05, 3.63) is 23.8 Å². The summed E-state index contributed by atoms with van der Waals surface area (Å²) in [5.74, 6) is 1.32. The third-order valence-electron chi connectivity index (χ3n) is 3.28. The molecule has 0 radical (unpaired) electrons. The van der Waals surface area contributed by atoms with Crippen LogP contribution >= 0.6 is 0 Å². The van der Waals surface area contributed by atoms with Gasteiger partial charge in [0.05, 0.1) is 0 Å². The molecule has 0 saturated heterocycles. The van der Waals surface area contributed by atoms with Crippen molar-refractivity contribution in [2.75, 3.05) is 0 Å². The molecule has 0 aromatic rings. The Hall–Kier alpha value is -0.520. The Morgan fingerprint density at radius 1 is 1.43 bits per heavy atom. The number of rotatable bonds is 2. The minimum atomic E-state index is 0.449. The SMILES string of the molecule is CC1=CCCC(C)(C)C1C=CC(C)C. The predicted molar refractivity (Wildman–Crippen MR) is 64.2 cm³/mol. The Kier molecular flexibility index (Phi) is 3.58. The normalized spacial score (nSPS) is 27.0. The van der Waals surface area contributed by atoms with Crippen molar-refractivity contribution >= 4 is 0 Å². The van der Waals surface area contributed by atoms with E-state index in [1.807, 2.05) is 0 Å². The van der Waals surface area contributed by atoms with Gasteiger partial charge in [0.15, 0.2) is 0 Å². The highest BCUT2D eigenvalue weighted by Crippen LogP contribution is 2.41. The highest BCUT2D eigenvalue weighted by molar-refractivity contribution is 5.18. The van der Waals surface area contributed by atoms with Crippen LogP contribution < -0.4 is 0 Å². The van der Waals surface area contributed by atoms with Gasteiger partial charge in [-0.3, -0.25) is 0 Å². The van der Waals surface area contributed by atoms with E-state index >= 15 is 0 Å². The molecule has 80 valence electrons. The van der Waals surface area contributed by atoms with E-state index in [0.29, 0.717) is 17.3 Å². The molecule has 0 aromatic heterocycles. The van der Waals surface area contributed by atoms with E-state index in [2.05, 4.69) is 52.8 Å². The average Bonchev–Trinajstić information content (AvgIpc) is 2.01. The van der Waals surface area contributed by atoms with E-state index in [1.165, 1.54) is 12.8 Å². The lowest BCUT2D eigenvalue weighted by molar-refractivity contribution is 0.255. The van der Waals surface area contributed by atoms with E-state index in [1.54, 1.807) is 5.57 Å². The molecule has 1 aliphatic rings. The van der Waals surface area contributed by atoms with Gasteiger partial charge in [-0.05, 0) is 31.1 Å². The molecule has 1 unspecified atom stereocenters. The quantitative estimate of drug-likeness (QED) is 0.562. The van der Waals surface area contributed by atoms with Gasteiger partial charge in [0, 0.05) is 5.92 Å². The summed E-state index contributed by atoms with van der Waals surface area (Å²) < 4.78 is 0. The van der Waals surface area contributed by atoms with Crippen molar-refractivity contribution in [1.29, 1.82) is 0 Å². The molecule has 1 aliphatic carbocycles. The maximum Gasteiger partial charge on any atom is 0.00254 e. The van der Waals surface area contributed by atoms with Crippen LogP contribution in [0.5, 0.6) is 0 Å². The third-order valence-corrected chi connectivity index (χ3v) is 3.28. The smallest absolute Gasteiger partial charge is 0.00254 e. The van der Waals surface area contributed by atoms with E-state index < -0.39 is 0 Å². The van der Waals surface area contributed by atoms with Crippen LogP contribution in [0.3, 0.4) is 0 Å². The van der Waals surface area contributed by atoms with Gasteiger partial charge in [0.2, 0.25) is 0 Å². The van der Waals surface area contributed by atoms with Crippen LogP contribution in [0.25, 0.3) is 0 Å². The van der Waals surface area contributed by atoms with E-state index in [0.717, 1.165) is 0 Å². The predicted octanol–water partition coefficient (Wildman–Crippen LogP) is 4.58. The first kappa shape index (κ1) is 11.6. The topological polar surface area (TPSA) is 0 Å². The molecule has 0 heterocycles. The summed E-state index contributed by atoms with van der Waals surface area (Å²) in [6, 6.07) is 0. The highest BCUT2D eigenvalue weighted by atomic mass is 14.3. The molecule has 0 fully saturated rings. The molecule has 0 nitrogen and oxygen atoms in total. The summed E-state index contributed by atoms with van der Waals surface area (Å²) >= 11 is 0. The Bertz CT molecular complexity index is 241. The van der Waals surface area contributed by atoms with Gasteiger partial charge in [-0.25, -0.2) is 0 Å². The fraction of sp³-hybridized carbons (Fsp3) is 0.714. The molecule has 0 saturated carbocycles. The van der Waals surface area contributed by atoms with Crippen LogP contribution in [0.4, 0.5) is 0 Å². The minimum Gasteiger partial charge on any atom is -0.0853 e. The molecule has 1 atom stereocenters. The molecule has 0 spiro atoms. The maximum atomic E-state index is 2.41. The number of hydrogen-bond acceptors (Lipinski definition) is 0. The third kappa shape index (κ3) is 2.73. The van der Waals surface area contributed by atoms with Crippen molar-refractivity contribution in [3.8, 4) is 0 Å². The van der Waals surface area contributed by atoms with Gasteiger partial charge < -0.3 is 0 Å². The molecule has 0 heteroatoms. The number of hydrogen-bond donors (Lipinski definition) is 0. The van der Waals surface area contributed by atoms with E-state index in [-0.39, 0.29) is 0 Å². The lowest BCUT2D eigenvalue weighted by Gasteiger charge is -2.36. The Morgan fingerprint density at radius 2 is 2.07 bits per heavy atom. The molecule has 14 heavy (non-hydrogen) atoms. The molecule has 0 bridgehead atoms. The second-order valence-electron chi connectivity index (χ2n) is 5.58. The molecule has 0 aromatic carbocycles. The van der Waals surface area contributed by atoms with Crippen LogP contribution in [0, 0.1) is 17.3 Å². The Morgan fingerprint density at radius 3 is 2.57 bits per heavy atom. The second kappa shape index (κ2) is 4.33. The van der Waals surface area contributed by atoms with E-state index in [4.69, 9.17) is 0 Å². The zero-order valence-corrected chi connectivity index (χ0v) is 10.3. The summed E-state index contributed by atoms with van der Waals surface area (Å²) in [5, 5.41) is 0. The molecular formula is C14H24. The molecule has 1 rings (SSSR count). The second-order valence-corrected chi connectivity index (χ2v) is 5.58. The van der Waals surface area contributed by atoms with Crippen molar-refractivity contribution in [3.63, 3.8) is 0 Å². The van der Waals surface area contributed by atoms with Gasteiger partial charge in [0.25, 0.3) is 0 Å². The van der Waals surface area contributed by atoms with Crippen molar-refractivity contribution in [2.45, 2.75) is 47.5 Å². The summed E-state index contributed by atoms with van der Waals surface area (Å²) in [6.45, 7) is 11.5. The molecule has 0 amide bonds. The summed E-state index contributed by atoms with van der Waals surface area (Å²) in [6.07, 6.45) is 9.73. The van der Waals surface area contributed by atoms with Gasteiger partial charge in [-0.1, -0.05) is 51.5 Å². The number of allylic oxidation sites excluding steroid dienone is 4. The molecule has 0 aliphatic heterocycles. The van der Waals surface area contributed by atoms with Gasteiger partial charge >= 0.3 is 0 Å². The summed E-state index contributed by atoms with van der Waals surface area (Å²) in [4.78, 5) is 0. The average molecular weight is 192 g/mol. The first-order chi connectivity index (χ1) is 6.43. The van der Waals surface area contributed by atoms with Gasteiger partial charge in [-0.15, -0.1) is 0 Å². The van der Waals surface area contributed by atoms with Crippen LogP contribution in [0.15, 0.2) is 23.8 Å². The van der Waals surface area contributed by atoms with Crippen molar-refractivity contribution in [1.82, 2.24) is 0 Å². The van der Waals surface area contributed by atoms with Crippen LogP contribution in [0.1, 0.15) is 47.5 Å². The first-order valence-corrected chi connectivity index (χ1v) is 5.78. The lowest BCUT2D eigenvalue weighted by Crippen LogP contribution is -2.26. The summed E-state index contributed by atoms with van der Waals surface area (Å²) in [7, 11) is 0. The fourth-order valence-electron chi connectivity index (χ4n) is 2.32. The van der Waals surface area contributed by atoms with Crippen LogP contribution in [0.2, 0.25) is 0 Å². The molecule has 0 N–H and O–H groups in total.